The van der Waals surface area contributed by atoms with Crippen LogP contribution in [0.4, 0.5) is 0 Å². The number of hydrogen-bond acceptors (Lipinski definition) is 10. The van der Waals surface area contributed by atoms with Gasteiger partial charge in [-0.15, -0.1) is 0 Å². The van der Waals surface area contributed by atoms with Crippen molar-refractivity contribution in [1.29, 1.82) is 0 Å². The van der Waals surface area contributed by atoms with Gasteiger partial charge in [-0.2, -0.15) is 0 Å². The van der Waals surface area contributed by atoms with Crippen molar-refractivity contribution in [3.05, 3.63) is 23.8 Å². The van der Waals surface area contributed by atoms with E-state index in [1.807, 2.05) is 0 Å². The van der Waals surface area contributed by atoms with Crippen molar-refractivity contribution in [2.24, 2.45) is 0 Å². The fourth-order valence-electron chi connectivity index (χ4n) is 2.68. The molecule has 0 radical (unpaired) electrons. The number of ether oxygens (including phenoxy) is 5. The highest BCUT2D eigenvalue weighted by Gasteiger charge is 2.47. The lowest BCUT2D eigenvalue weighted by Crippen LogP contribution is -2.55. The quantitative estimate of drug-likeness (QED) is 0.416. The Hall–Kier alpha value is -3.14. The van der Waals surface area contributed by atoms with Crippen molar-refractivity contribution in [2.75, 3.05) is 7.11 Å². The number of rotatable bonds is 6. The van der Waals surface area contributed by atoms with Crippen molar-refractivity contribution >= 4 is 24.2 Å². The van der Waals surface area contributed by atoms with E-state index in [0.29, 0.717) is 6.29 Å². The second-order valence-corrected chi connectivity index (χ2v) is 5.93. The van der Waals surface area contributed by atoms with Gasteiger partial charge < -0.3 is 28.8 Å². The van der Waals surface area contributed by atoms with Gasteiger partial charge in [0.25, 0.3) is 0 Å². The molecule has 1 aromatic carbocycles. The molecule has 1 fully saturated rings. The van der Waals surface area contributed by atoms with Crippen LogP contribution in [0.25, 0.3) is 0 Å². The van der Waals surface area contributed by atoms with E-state index in [2.05, 4.69) is 4.74 Å². The summed E-state index contributed by atoms with van der Waals surface area (Å²) >= 11 is 0. The zero-order valence-electron chi connectivity index (χ0n) is 15.4. The molecule has 0 amide bonds. The van der Waals surface area contributed by atoms with Gasteiger partial charge in [0.05, 0.1) is 12.7 Å². The summed E-state index contributed by atoms with van der Waals surface area (Å²) in [5.41, 5.74) is 0.0404. The molecule has 0 bridgehead atoms. The molecule has 2 rings (SSSR count). The molecule has 1 aromatic rings. The van der Waals surface area contributed by atoms with Gasteiger partial charge in [-0.05, 0) is 12.1 Å². The molecule has 152 valence electrons. The zero-order valence-corrected chi connectivity index (χ0v) is 15.4. The average Bonchev–Trinajstić information content (AvgIpc) is 2.62. The Balaban J connectivity index is 2.33. The van der Waals surface area contributed by atoms with Crippen molar-refractivity contribution in [3.8, 4) is 11.5 Å². The van der Waals surface area contributed by atoms with Gasteiger partial charge in [-0.3, -0.25) is 14.4 Å². The van der Waals surface area contributed by atoms with Gasteiger partial charge in [0.15, 0.2) is 12.4 Å². The summed E-state index contributed by atoms with van der Waals surface area (Å²) in [6, 6.07) is 3.84. The monoisotopic (exact) mass is 396 g/mol. The standard InChI is InChI=1S/C18H20O10/c1-9(20)25-14-7-15(17(23)24-3)28-18(16(14)26-10(2)21)27-12-5-4-11(8-19)13(22)6-12/h4-6,8,14-16,18,22H,7H2,1-3H3/t14-,15-,16-,18+/m0/s1. The molecule has 10 nitrogen and oxygen atoms in total. The van der Waals surface area contributed by atoms with Crippen LogP contribution < -0.4 is 4.74 Å². The maximum atomic E-state index is 11.9. The summed E-state index contributed by atoms with van der Waals surface area (Å²) in [6.07, 6.45) is -4.37. The third-order valence-electron chi connectivity index (χ3n) is 3.84. The first-order valence-corrected chi connectivity index (χ1v) is 8.27. The van der Waals surface area contributed by atoms with Crippen LogP contribution in [0, 0.1) is 0 Å². The van der Waals surface area contributed by atoms with Gasteiger partial charge in [-0.1, -0.05) is 0 Å². The largest absolute Gasteiger partial charge is 0.507 e. The Kier molecular flexibility index (Phi) is 6.94. The average molecular weight is 396 g/mol. The maximum Gasteiger partial charge on any atom is 0.335 e. The molecule has 1 heterocycles. The lowest BCUT2D eigenvalue weighted by atomic mass is 10.0. The fourth-order valence-corrected chi connectivity index (χ4v) is 2.68. The minimum absolute atomic E-state index is 0.0404. The van der Waals surface area contributed by atoms with Crippen LogP contribution in [0.15, 0.2) is 18.2 Å². The zero-order chi connectivity index (χ0) is 20.8. The van der Waals surface area contributed by atoms with E-state index in [1.54, 1.807) is 0 Å². The summed E-state index contributed by atoms with van der Waals surface area (Å²) in [6.45, 7) is 2.32. The van der Waals surface area contributed by atoms with Crippen molar-refractivity contribution < 1.29 is 48.0 Å². The number of carbonyl (C=O) groups excluding carboxylic acids is 4. The SMILES string of the molecule is COC(=O)[C@@H]1C[C@H](OC(C)=O)[C@H](OC(C)=O)[C@H](Oc2ccc(C=O)c(O)c2)O1. The Bertz CT molecular complexity index is 759. The van der Waals surface area contributed by atoms with E-state index >= 15 is 0 Å². The van der Waals surface area contributed by atoms with Gasteiger partial charge >= 0.3 is 17.9 Å². The number of hydrogen-bond donors (Lipinski definition) is 1. The van der Waals surface area contributed by atoms with Crippen LogP contribution in [-0.2, 0) is 33.3 Å². The van der Waals surface area contributed by atoms with E-state index < -0.39 is 42.5 Å². The first kappa shape index (κ1) is 21.2. The summed E-state index contributed by atoms with van der Waals surface area (Å²) < 4.78 is 26.2. The number of phenols is 1. The molecule has 0 aliphatic carbocycles. The molecule has 0 spiro atoms. The van der Waals surface area contributed by atoms with Gasteiger partial charge in [0.2, 0.25) is 12.4 Å². The Morgan fingerprint density at radius 2 is 1.86 bits per heavy atom. The molecule has 0 unspecified atom stereocenters. The Morgan fingerprint density at radius 3 is 2.39 bits per heavy atom. The molecule has 10 heteroatoms. The Labute approximate surface area is 160 Å². The van der Waals surface area contributed by atoms with Gasteiger partial charge in [0.1, 0.15) is 17.6 Å². The van der Waals surface area contributed by atoms with Crippen LogP contribution >= 0.6 is 0 Å². The van der Waals surface area contributed by atoms with E-state index in [9.17, 15) is 24.3 Å². The van der Waals surface area contributed by atoms with E-state index in [-0.39, 0.29) is 23.5 Å². The number of aldehydes is 1. The fraction of sp³-hybridized carbons (Fsp3) is 0.444. The van der Waals surface area contributed by atoms with Gasteiger partial charge in [-0.25, -0.2) is 4.79 Å². The number of phenolic OH excluding ortho intramolecular Hbond substituents is 1. The summed E-state index contributed by atoms with van der Waals surface area (Å²) in [5, 5.41) is 9.80. The van der Waals surface area contributed by atoms with Crippen LogP contribution in [0.2, 0.25) is 0 Å². The molecule has 1 N–H and O–H groups in total. The van der Waals surface area contributed by atoms with Gasteiger partial charge in [0, 0.05) is 26.3 Å². The normalized spacial score (nSPS) is 24.0. The summed E-state index contributed by atoms with van der Waals surface area (Å²) in [5.74, 6) is -2.34. The predicted octanol–water partition coefficient (Wildman–Crippen LogP) is 0.735. The molecule has 0 saturated carbocycles. The first-order chi connectivity index (χ1) is 13.2. The number of esters is 3. The van der Waals surface area contributed by atoms with Crippen LogP contribution in [0.1, 0.15) is 30.6 Å². The van der Waals surface area contributed by atoms with Crippen LogP contribution in [-0.4, -0.2) is 61.0 Å². The highest BCUT2D eigenvalue weighted by Crippen LogP contribution is 2.30. The first-order valence-electron chi connectivity index (χ1n) is 8.27. The minimum atomic E-state index is -1.35. The third-order valence-corrected chi connectivity index (χ3v) is 3.84. The number of benzene rings is 1. The molecule has 4 atom stereocenters. The second-order valence-electron chi connectivity index (χ2n) is 5.93. The topological polar surface area (TPSA) is 135 Å². The van der Waals surface area contributed by atoms with Crippen LogP contribution in [0.5, 0.6) is 11.5 Å². The predicted molar refractivity (Wildman–Crippen MR) is 90.5 cm³/mol. The highest BCUT2D eigenvalue weighted by molar-refractivity contribution is 5.79. The number of carbonyl (C=O) groups is 4. The minimum Gasteiger partial charge on any atom is -0.507 e. The lowest BCUT2D eigenvalue weighted by Gasteiger charge is -2.39. The molecule has 1 aliphatic rings. The van der Waals surface area contributed by atoms with Crippen molar-refractivity contribution in [1.82, 2.24) is 0 Å². The second kappa shape index (κ2) is 9.18. The number of methoxy groups -OCH3 is 1. The smallest absolute Gasteiger partial charge is 0.335 e. The molecule has 1 aliphatic heterocycles. The number of aromatic hydroxyl groups is 1. The summed E-state index contributed by atoms with van der Waals surface area (Å²) in [7, 11) is 1.16. The van der Waals surface area contributed by atoms with E-state index in [4.69, 9.17) is 18.9 Å². The van der Waals surface area contributed by atoms with E-state index in [1.165, 1.54) is 19.1 Å². The molecule has 1 saturated heterocycles. The maximum absolute atomic E-state index is 11.9. The molecular weight excluding hydrogens is 376 g/mol. The van der Waals surface area contributed by atoms with Crippen molar-refractivity contribution in [2.45, 2.75) is 44.9 Å². The third kappa shape index (κ3) is 5.19. The molecule has 28 heavy (non-hydrogen) atoms. The molecule has 0 aromatic heterocycles. The van der Waals surface area contributed by atoms with Crippen molar-refractivity contribution in [3.63, 3.8) is 0 Å². The van der Waals surface area contributed by atoms with E-state index in [0.717, 1.165) is 20.1 Å². The van der Waals surface area contributed by atoms with Crippen LogP contribution in [0.3, 0.4) is 0 Å². The lowest BCUT2D eigenvalue weighted by molar-refractivity contribution is -0.251. The molecular formula is C18H20O10. The Morgan fingerprint density at radius 1 is 1.18 bits per heavy atom. The highest BCUT2D eigenvalue weighted by atomic mass is 16.7. The summed E-state index contributed by atoms with van der Waals surface area (Å²) in [4.78, 5) is 45.7.